The van der Waals surface area contributed by atoms with Crippen LogP contribution in [0.15, 0.2) is 0 Å². The van der Waals surface area contributed by atoms with Crippen LogP contribution in [0.4, 0.5) is 0 Å². The molecular weight excluding hydrogens is 196 g/mol. The Morgan fingerprint density at radius 1 is 1.75 bits per heavy atom. The van der Waals surface area contributed by atoms with Gasteiger partial charge in [-0.1, -0.05) is 10.8 Å². The topological polar surface area (TPSA) is 43.4 Å². The normalized spacial score (nSPS) is 35.0. The molecule has 2 unspecified atom stereocenters. The summed E-state index contributed by atoms with van der Waals surface area (Å²) in [6.07, 6.45) is 0. The Kier molecular flexibility index (Phi) is 3.17. The molecule has 1 saturated heterocycles. The smallest absolute Gasteiger partial charge is 0.313 e. The van der Waals surface area contributed by atoms with Gasteiger partial charge in [-0.15, -0.1) is 0 Å². The zero-order chi connectivity index (χ0) is 9.19. The molecule has 1 aliphatic heterocycles. The van der Waals surface area contributed by atoms with Crippen molar-refractivity contribution in [3.63, 3.8) is 0 Å². The molecule has 0 radical (unpaired) electrons. The Hall–Kier alpha value is -0.0300. The lowest BCUT2D eigenvalue weighted by molar-refractivity contribution is -0.151. The van der Waals surface area contributed by atoms with E-state index in [1.54, 1.807) is 6.92 Å². The lowest BCUT2D eigenvalue weighted by Gasteiger charge is -2.18. The zero-order valence-corrected chi connectivity index (χ0v) is 8.80. The van der Waals surface area contributed by atoms with Crippen molar-refractivity contribution >= 4 is 26.6 Å². The predicted molar refractivity (Wildman–Crippen MR) is 50.2 cm³/mol. The van der Waals surface area contributed by atoms with Crippen molar-refractivity contribution in [2.75, 3.05) is 18.1 Å². The van der Waals surface area contributed by atoms with Crippen LogP contribution in [-0.4, -0.2) is 28.3 Å². The second kappa shape index (κ2) is 3.79. The molecule has 12 heavy (non-hydrogen) atoms. The first-order valence-electron chi connectivity index (χ1n) is 3.77. The number of esters is 1. The third-order valence-electron chi connectivity index (χ3n) is 1.71. The van der Waals surface area contributed by atoms with Gasteiger partial charge in [0.2, 0.25) is 0 Å². The van der Waals surface area contributed by atoms with Gasteiger partial charge in [-0.25, -0.2) is 4.21 Å². The average Bonchev–Trinajstić information content (AvgIpc) is 2.33. The number of hydrogen-bond donors (Lipinski definition) is 0. The Labute approximate surface area is 78.1 Å². The van der Waals surface area contributed by atoms with Gasteiger partial charge in [0.1, 0.15) is 0 Å². The lowest BCUT2D eigenvalue weighted by atomic mass is 9.96. The largest absolute Gasteiger partial charge is 0.466 e. The number of ether oxygens (including phenoxy) is 1. The highest BCUT2D eigenvalue weighted by molar-refractivity contribution is 8.69. The minimum absolute atomic E-state index is 0.219. The Morgan fingerprint density at radius 2 is 2.42 bits per heavy atom. The maximum absolute atomic E-state index is 11.3. The number of carbonyl (C=O) groups is 1. The van der Waals surface area contributed by atoms with Crippen LogP contribution in [0.25, 0.3) is 0 Å². The van der Waals surface area contributed by atoms with Gasteiger partial charge in [-0.05, 0) is 13.8 Å². The van der Waals surface area contributed by atoms with E-state index in [4.69, 9.17) is 4.74 Å². The SMILES string of the molecule is CCOC(=O)C1(C)CSS(=O)C1. The summed E-state index contributed by atoms with van der Waals surface area (Å²) >= 11 is 0. The van der Waals surface area contributed by atoms with Gasteiger partial charge in [0.05, 0.1) is 27.6 Å². The molecule has 1 rings (SSSR count). The van der Waals surface area contributed by atoms with E-state index >= 15 is 0 Å². The molecule has 1 aliphatic rings. The van der Waals surface area contributed by atoms with Crippen LogP contribution in [0, 0.1) is 5.41 Å². The first kappa shape index (κ1) is 10.1. The third kappa shape index (κ3) is 2.01. The summed E-state index contributed by atoms with van der Waals surface area (Å²) in [4.78, 5) is 11.3. The average molecular weight is 208 g/mol. The fraction of sp³-hybridized carbons (Fsp3) is 0.857. The zero-order valence-electron chi connectivity index (χ0n) is 7.16. The van der Waals surface area contributed by atoms with Crippen molar-refractivity contribution in [1.82, 2.24) is 0 Å². The highest BCUT2D eigenvalue weighted by Crippen LogP contribution is 2.35. The maximum Gasteiger partial charge on any atom is 0.313 e. The van der Waals surface area contributed by atoms with Crippen molar-refractivity contribution in [1.29, 1.82) is 0 Å². The molecule has 1 fully saturated rings. The van der Waals surface area contributed by atoms with E-state index in [1.165, 1.54) is 10.8 Å². The highest BCUT2D eigenvalue weighted by Gasteiger charge is 2.42. The fourth-order valence-electron chi connectivity index (χ4n) is 0.962. The van der Waals surface area contributed by atoms with Crippen LogP contribution in [0.1, 0.15) is 13.8 Å². The molecule has 0 N–H and O–H groups in total. The predicted octanol–water partition coefficient (Wildman–Crippen LogP) is 0.966. The monoisotopic (exact) mass is 208 g/mol. The summed E-state index contributed by atoms with van der Waals surface area (Å²) in [6, 6.07) is 0. The Bertz CT molecular complexity index is 217. The van der Waals surface area contributed by atoms with Crippen molar-refractivity contribution in [3.05, 3.63) is 0 Å². The Morgan fingerprint density at radius 3 is 2.83 bits per heavy atom. The van der Waals surface area contributed by atoms with Gasteiger partial charge >= 0.3 is 5.97 Å². The second-order valence-electron chi connectivity index (χ2n) is 2.99. The third-order valence-corrected chi connectivity index (χ3v) is 5.10. The van der Waals surface area contributed by atoms with Crippen LogP contribution >= 0.6 is 10.8 Å². The van der Waals surface area contributed by atoms with Gasteiger partial charge in [0, 0.05) is 5.75 Å². The highest BCUT2D eigenvalue weighted by atomic mass is 33.1. The lowest BCUT2D eigenvalue weighted by Crippen LogP contribution is -2.32. The molecule has 0 saturated carbocycles. The summed E-state index contributed by atoms with van der Waals surface area (Å²) in [5.74, 6) is 0.818. The van der Waals surface area contributed by atoms with Crippen LogP contribution in [0.2, 0.25) is 0 Å². The number of carbonyl (C=O) groups excluding carboxylic acids is 1. The maximum atomic E-state index is 11.3. The van der Waals surface area contributed by atoms with Crippen LogP contribution in [-0.2, 0) is 19.4 Å². The fourth-order valence-corrected chi connectivity index (χ4v) is 4.73. The molecule has 0 aromatic carbocycles. The summed E-state index contributed by atoms with van der Waals surface area (Å²) in [7, 11) is 0.429. The molecule has 0 aliphatic carbocycles. The van der Waals surface area contributed by atoms with E-state index in [1.807, 2.05) is 6.92 Å². The molecule has 70 valence electrons. The molecule has 0 aromatic rings. The summed E-state index contributed by atoms with van der Waals surface area (Å²) in [5, 5.41) is 0. The van der Waals surface area contributed by atoms with E-state index in [2.05, 4.69) is 0 Å². The molecule has 5 heteroatoms. The van der Waals surface area contributed by atoms with Gasteiger partial charge in [-0.3, -0.25) is 4.79 Å². The van der Waals surface area contributed by atoms with Gasteiger partial charge in [0.25, 0.3) is 0 Å². The first-order chi connectivity index (χ1) is 5.58. The van der Waals surface area contributed by atoms with Crippen molar-refractivity contribution in [2.45, 2.75) is 13.8 Å². The van der Waals surface area contributed by atoms with E-state index in [0.717, 1.165) is 0 Å². The molecule has 0 bridgehead atoms. The van der Waals surface area contributed by atoms with Crippen LogP contribution in [0.3, 0.4) is 0 Å². The molecule has 0 aromatic heterocycles. The van der Waals surface area contributed by atoms with Crippen molar-refractivity contribution in [2.24, 2.45) is 5.41 Å². The van der Waals surface area contributed by atoms with E-state index in [9.17, 15) is 9.00 Å². The Balaban J connectivity index is 2.60. The van der Waals surface area contributed by atoms with Gasteiger partial charge in [-0.2, -0.15) is 0 Å². The first-order valence-corrected chi connectivity index (χ1v) is 6.59. The summed E-state index contributed by atoms with van der Waals surface area (Å²) in [6.45, 7) is 3.98. The standard InChI is InChI=1S/C7H12O3S2/c1-3-10-6(8)7(2)4-11-12(9)5-7/h3-5H2,1-2H3. The van der Waals surface area contributed by atoms with Crippen molar-refractivity contribution in [3.8, 4) is 0 Å². The van der Waals surface area contributed by atoms with Crippen LogP contribution < -0.4 is 0 Å². The summed E-state index contributed by atoms with van der Waals surface area (Å²) < 4.78 is 15.9. The quantitative estimate of drug-likeness (QED) is 0.501. The van der Waals surface area contributed by atoms with E-state index < -0.39 is 15.2 Å². The summed E-state index contributed by atoms with van der Waals surface area (Å²) in [5.41, 5.74) is -0.522. The molecule has 0 amide bonds. The van der Waals surface area contributed by atoms with E-state index in [-0.39, 0.29) is 5.97 Å². The molecule has 1 heterocycles. The molecular formula is C7H12O3S2. The number of hydrogen-bond acceptors (Lipinski definition) is 4. The van der Waals surface area contributed by atoms with Crippen LogP contribution in [0.5, 0.6) is 0 Å². The minimum Gasteiger partial charge on any atom is -0.466 e. The van der Waals surface area contributed by atoms with Crippen molar-refractivity contribution < 1.29 is 13.7 Å². The molecule has 3 nitrogen and oxygen atoms in total. The second-order valence-corrected chi connectivity index (χ2v) is 6.23. The van der Waals surface area contributed by atoms with Gasteiger partial charge in [0.15, 0.2) is 0 Å². The number of rotatable bonds is 2. The molecule has 0 spiro atoms. The van der Waals surface area contributed by atoms with E-state index in [0.29, 0.717) is 18.1 Å². The van der Waals surface area contributed by atoms with Gasteiger partial charge < -0.3 is 4.74 Å². The molecule has 2 atom stereocenters. The minimum atomic E-state index is -0.901.